The van der Waals surface area contributed by atoms with E-state index in [1.807, 2.05) is 11.8 Å². The van der Waals surface area contributed by atoms with Crippen molar-refractivity contribution in [3.05, 3.63) is 0 Å². The summed E-state index contributed by atoms with van der Waals surface area (Å²) in [4.78, 5) is 14.3. The molecular formula is C16H30N2O2. The van der Waals surface area contributed by atoms with E-state index >= 15 is 0 Å². The first-order valence-corrected chi connectivity index (χ1v) is 8.35. The van der Waals surface area contributed by atoms with Crippen LogP contribution in [0.3, 0.4) is 0 Å². The van der Waals surface area contributed by atoms with Crippen LogP contribution >= 0.6 is 0 Å². The second kappa shape index (κ2) is 7.30. The van der Waals surface area contributed by atoms with Crippen LogP contribution in [0.15, 0.2) is 0 Å². The Hall–Kier alpha value is -0.770. The van der Waals surface area contributed by atoms with Gasteiger partial charge >= 0.3 is 6.03 Å². The third kappa shape index (κ3) is 3.87. The fourth-order valence-electron chi connectivity index (χ4n) is 3.72. The van der Waals surface area contributed by atoms with Gasteiger partial charge in [-0.05, 0) is 44.4 Å². The normalized spacial score (nSPS) is 30.1. The first-order chi connectivity index (χ1) is 9.61. The molecule has 0 spiro atoms. The van der Waals surface area contributed by atoms with E-state index in [9.17, 15) is 9.90 Å². The number of hydrogen-bond acceptors (Lipinski definition) is 2. The molecule has 1 aliphatic carbocycles. The number of aliphatic hydroxyl groups excluding tert-OH is 1. The number of aliphatic hydroxyl groups is 1. The molecule has 0 aromatic heterocycles. The average Bonchev–Trinajstić information content (AvgIpc) is 2.48. The lowest BCUT2D eigenvalue weighted by molar-refractivity contribution is 0.0782. The van der Waals surface area contributed by atoms with Gasteiger partial charge in [-0.25, -0.2) is 4.79 Å². The number of nitrogens with zero attached hydrogens (tertiary/aromatic N) is 1. The molecule has 2 fully saturated rings. The van der Waals surface area contributed by atoms with Crippen LogP contribution in [0, 0.1) is 11.8 Å². The number of nitrogens with one attached hydrogen (secondary N) is 1. The molecule has 2 amide bonds. The third-order valence-electron chi connectivity index (χ3n) is 5.25. The molecule has 1 saturated heterocycles. The summed E-state index contributed by atoms with van der Waals surface area (Å²) in [6, 6.07) is 0.482. The number of hydrogen-bond donors (Lipinski definition) is 2. The highest BCUT2D eigenvalue weighted by Crippen LogP contribution is 2.27. The molecule has 2 rings (SSSR count). The van der Waals surface area contributed by atoms with E-state index in [0.717, 1.165) is 38.8 Å². The first kappa shape index (κ1) is 15.6. The first-order valence-electron chi connectivity index (χ1n) is 8.35. The molecule has 0 bridgehead atoms. The molecular weight excluding hydrogens is 252 g/mol. The molecule has 20 heavy (non-hydrogen) atoms. The summed E-state index contributed by atoms with van der Waals surface area (Å²) in [6.45, 7) is 5.65. The Balaban J connectivity index is 1.80. The fraction of sp³-hybridized carbons (Fsp3) is 0.938. The Bertz CT molecular complexity index is 312. The summed E-state index contributed by atoms with van der Waals surface area (Å²) in [5.41, 5.74) is 0. The quantitative estimate of drug-likeness (QED) is 0.836. The van der Waals surface area contributed by atoms with Gasteiger partial charge < -0.3 is 15.3 Å². The van der Waals surface area contributed by atoms with Crippen LogP contribution in [0.4, 0.5) is 4.79 Å². The van der Waals surface area contributed by atoms with Crippen molar-refractivity contribution < 1.29 is 9.90 Å². The Morgan fingerprint density at radius 1 is 1.25 bits per heavy atom. The Labute approximate surface area is 122 Å². The molecule has 3 unspecified atom stereocenters. The van der Waals surface area contributed by atoms with Gasteiger partial charge in [0, 0.05) is 19.1 Å². The zero-order valence-electron chi connectivity index (χ0n) is 13.0. The van der Waals surface area contributed by atoms with Crippen molar-refractivity contribution in [2.75, 3.05) is 13.1 Å². The molecule has 3 atom stereocenters. The molecule has 0 aromatic rings. The van der Waals surface area contributed by atoms with Gasteiger partial charge in [0.25, 0.3) is 0 Å². The Morgan fingerprint density at radius 2 is 1.90 bits per heavy atom. The van der Waals surface area contributed by atoms with Crippen LogP contribution in [-0.2, 0) is 0 Å². The molecule has 1 heterocycles. The van der Waals surface area contributed by atoms with Gasteiger partial charge in [0.2, 0.25) is 0 Å². The van der Waals surface area contributed by atoms with Crippen molar-refractivity contribution in [3.8, 4) is 0 Å². The molecule has 1 aliphatic heterocycles. The summed E-state index contributed by atoms with van der Waals surface area (Å²) in [7, 11) is 0. The summed E-state index contributed by atoms with van der Waals surface area (Å²) < 4.78 is 0. The molecule has 2 aliphatic rings. The SMILES string of the molecule is CCC1CCCCC1NC(=O)N1CCC(C(C)O)CC1. The highest BCUT2D eigenvalue weighted by Gasteiger charge is 2.29. The molecule has 1 saturated carbocycles. The number of carbonyl (C=O) groups excluding carboxylic acids is 1. The van der Waals surface area contributed by atoms with Crippen molar-refractivity contribution in [3.63, 3.8) is 0 Å². The summed E-state index contributed by atoms with van der Waals surface area (Å²) in [5.74, 6) is 1.01. The van der Waals surface area contributed by atoms with Gasteiger partial charge in [0.15, 0.2) is 0 Å². The molecule has 2 N–H and O–H groups in total. The van der Waals surface area contributed by atoms with E-state index < -0.39 is 0 Å². The minimum absolute atomic E-state index is 0.111. The van der Waals surface area contributed by atoms with Crippen LogP contribution < -0.4 is 5.32 Å². The Morgan fingerprint density at radius 3 is 2.50 bits per heavy atom. The van der Waals surface area contributed by atoms with Gasteiger partial charge in [0.1, 0.15) is 0 Å². The van der Waals surface area contributed by atoms with Crippen LogP contribution in [-0.4, -0.2) is 41.3 Å². The smallest absolute Gasteiger partial charge is 0.317 e. The maximum atomic E-state index is 12.4. The van der Waals surface area contributed by atoms with Crippen LogP contribution in [0.1, 0.15) is 58.8 Å². The minimum Gasteiger partial charge on any atom is -0.393 e. The number of urea groups is 1. The van der Waals surface area contributed by atoms with E-state index in [1.165, 1.54) is 19.3 Å². The average molecular weight is 282 g/mol. The Kier molecular flexibility index (Phi) is 5.70. The zero-order valence-corrected chi connectivity index (χ0v) is 13.0. The number of piperidine rings is 1. The monoisotopic (exact) mass is 282 g/mol. The molecule has 116 valence electrons. The zero-order chi connectivity index (χ0) is 14.5. The highest BCUT2D eigenvalue weighted by atomic mass is 16.3. The van der Waals surface area contributed by atoms with E-state index in [1.54, 1.807) is 0 Å². The maximum Gasteiger partial charge on any atom is 0.317 e. The standard InChI is InChI=1S/C16H30N2O2/c1-3-13-6-4-5-7-15(13)17-16(20)18-10-8-14(9-11-18)12(2)19/h12-15,19H,3-11H2,1-2H3,(H,17,20). The number of amides is 2. The summed E-state index contributed by atoms with van der Waals surface area (Å²) >= 11 is 0. The van der Waals surface area contributed by atoms with E-state index in [-0.39, 0.29) is 12.1 Å². The number of likely N-dealkylation sites (tertiary alicyclic amines) is 1. The predicted molar refractivity (Wildman–Crippen MR) is 80.5 cm³/mol. The predicted octanol–water partition coefficient (Wildman–Crippen LogP) is 2.76. The van der Waals surface area contributed by atoms with Crippen LogP contribution in [0.5, 0.6) is 0 Å². The second-order valence-corrected chi connectivity index (χ2v) is 6.57. The summed E-state index contributed by atoms with van der Waals surface area (Å²) in [5, 5.41) is 12.9. The fourth-order valence-corrected chi connectivity index (χ4v) is 3.72. The van der Waals surface area contributed by atoms with Gasteiger partial charge in [-0.3, -0.25) is 0 Å². The molecule has 4 nitrogen and oxygen atoms in total. The summed E-state index contributed by atoms with van der Waals surface area (Å²) in [6.07, 6.45) is 7.70. The van der Waals surface area contributed by atoms with Crippen molar-refractivity contribution in [2.24, 2.45) is 11.8 Å². The maximum absolute atomic E-state index is 12.4. The third-order valence-corrected chi connectivity index (χ3v) is 5.25. The molecule has 0 aromatic carbocycles. The van der Waals surface area contributed by atoms with Crippen molar-refractivity contribution in [1.29, 1.82) is 0 Å². The molecule has 4 heteroatoms. The van der Waals surface area contributed by atoms with Gasteiger partial charge in [-0.2, -0.15) is 0 Å². The lowest BCUT2D eigenvalue weighted by atomic mass is 9.83. The van der Waals surface area contributed by atoms with E-state index in [2.05, 4.69) is 12.2 Å². The van der Waals surface area contributed by atoms with Gasteiger partial charge in [0.05, 0.1) is 6.10 Å². The van der Waals surface area contributed by atoms with Crippen LogP contribution in [0.25, 0.3) is 0 Å². The van der Waals surface area contributed by atoms with E-state index in [0.29, 0.717) is 17.9 Å². The topological polar surface area (TPSA) is 52.6 Å². The lowest BCUT2D eigenvalue weighted by Crippen LogP contribution is -2.51. The minimum atomic E-state index is -0.247. The highest BCUT2D eigenvalue weighted by molar-refractivity contribution is 5.74. The largest absolute Gasteiger partial charge is 0.393 e. The van der Waals surface area contributed by atoms with Gasteiger partial charge in [-0.15, -0.1) is 0 Å². The number of rotatable bonds is 3. The molecule has 0 radical (unpaired) electrons. The van der Waals surface area contributed by atoms with Crippen LogP contribution in [0.2, 0.25) is 0 Å². The van der Waals surface area contributed by atoms with Gasteiger partial charge in [-0.1, -0.05) is 26.2 Å². The number of carbonyl (C=O) groups is 1. The van der Waals surface area contributed by atoms with Crippen molar-refractivity contribution in [2.45, 2.75) is 70.9 Å². The second-order valence-electron chi connectivity index (χ2n) is 6.57. The van der Waals surface area contributed by atoms with E-state index in [4.69, 9.17) is 0 Å². The van der Waals surface area contributed by atoms with Crippen molar-refractivity contribution >= 4 is 6.03 Å². The van der Waals surface area contributed by atoms with Crippen molar-refractivity contribution in [1.82, 2.24) is 10.2 Å². The lowest BCUT2D eigenvalue weighted by Gasteiger charge is -2.37.